The molecule has 0 bridgehead atoms. The predicted molar refractivity (Wildman–Crippen MR) is 92.7 cm³/mol. The third-order valence-electron chi connectivity index (χ3n) is 3.23. The molecule has 0 fully saturated rings. The summed E-state index contributed by atoms with van der Waals surface area (Å²) in [7, 11) is 1.62. The summed E-state index contributed by atoms with van der Waals surface area (Å²) in [5.41, 5.74) is 0.866. The highest BCUT2D eigenvalue weighted by molar-refractivity contribution is 5.92. The molecule has 136 valence electrons. The molecule has 0 aliphatic carbocycles. The number of ketones is 1. The number of Topliss-reactive ketones (excluding diaryl/α,β-unsaturated/α-hetero) is 1. The van der Waals surface area contributed by atoms with E-state index in [1.807, 2.05) is 30.3 Å². The standard InChI is InChI=1S/C17H24N4O4/c1-12(22)9-20-17(25)14(8-13-6-4-3-5-7-13)21-16(24)11-19-15(23)10-18-2/h3-7,14,18H,8-11H2,1-2H3,(H,19,23)(H,20,25)(H,21,24)/t14-/m0/s1. The summed E-state index contributed by atoms with van der Waals surface area (Å²) in [6.45, 7) is 1.13. The van der Waals surface area contributed by atoms with E-state index in [-0.39, 0.29) is 37.7 Å². The van der Waals surface area contributed by atoms with Crippen LogP contribution in [0.4, 0.5) is 0 Å². The van der Waals surface area contributed by atoms with Gasteiger partial charge in [0.2, 0.25) is 17.7 Å². The van der Waals surface area contributed by atoms with Gasteiger partial charge in [0.25, 0.3) is 0 Å². The number of carbonyl (C=O) groups excluding carboxylic acids is 4. The molecule has 1 aromatic rings. The first-order chi connectivity index (χ1) is 11.9. The Morgan fingerprint density at radius 1 is 0.920 bits per heavy atom. The summed E-state index contributed by atoms with van der Waals surface area (Å²) in [6.07, 6.45) is 0.279. The topological polar surface area (TPSA) is 116 Å². The van der Waals surface area contributed by atoms with Crippen molar-refractivity contribution in [2.75, 3.05) is 26.7 Å². The van der Waals surface area contributed by atoms with E-state index in [0.29, 0.717) is 0 Å². The van der Waals surface area contributed by atoms with Crippen molar-refractivity contribution in [2.24, 2.45) is 0 Å². The lowest BCUT2D eigenvalue weighted by molar-refractivity contribution is -0.130. The first-order valence-electron chi connectivity index (χ1n) is 7.94. The van der Waals surface area contributed by atoms with Gasteiger partial charge in [-0.2, -0.15) is 0 Å². The highest BCUT2D eigenvalue weighted by Crippen LogP contribution is 2.03. The summed E-state index contributed by atoms with van der Waals surface area (Å²) in [6, 6.07) is 8.36. The van der Waals surface area contributed by atoms with Crippen molar-refractivity contribution in [3.8, 4) is 0 Å². The Bertz CT molecular complexity index is 604. The van der Waals surface area contributed by atoms with Crippen molar-refractivity contribution in [1.29, 1.82) is 0 Å². The van der Waals surface area contributed by atoms with Crippen molar-refractivity contribution in [2.45, 2.75) is 19.4 Å². The molecular weight excluding hydrogens is 324 g/mol. The Morgan fingerprint density at radius 3 is 2.20 bits per heavy atom. The summed E-state index contributed by atoms with van der Waals surface area (Å²) in [5.74, 6) is -1.44. The van der Waals surface area contributed by atoms with Gasteiger partial charge >= 0.3 is 0 Å². The molecule has 8 nitrogen and oxygen atoms in total. The van der Waals surface area contributed by atoms with E-state index < -0.39 is 17.9 Å². The first-order valence-corrected chi connectivity index (χ1v) is 7.94. The maximum atomic E-state index is 12.3. The van der Waals surface area contributed by atoms with Gasteiger partial charge in [-0.25, -0.2) is 0 Å². The van der Waals surface area contributed by atoms with Crippen molar-refractivity contribution in [1.82, 2.24) is 21.3 Å². The molecule has 0 saturated carbocycles. The van der Waals surface area contributed by atoms with Gasteiger partial charge in [0.1, 0.15) is 11.8 Å². The molecule has 25 heavy (non-hydrogen) atoms. The lowest BCUT2D eigenvalue weighted by Crippen LogP contribution is -2.51. The highest BCUT2D eigenvalue weighted by Gasteiger charge is 2.21. The number of rotatable bonds is 10. The van der Waals surface area contributed by atoms with Crippen molar-refractivity contribution < 1.29 is 19.2 Å². The second kappa shape index (κ2) is 10.9. The fraction of sp³-hybridized carbons (Fsp3) is 0.412. The average molecular weight is 348 g/mol. The van der Waals surface area contributed by atoms with Crippen molar-refractivity contribution >= 4 is 23.5 Å². The second-order valence-corrected chi connectivity index (χ2v) is 5.54. The van der Waals surface area contributed by atoms with Gasteiger partial charge in [-0.1, -0.05) is 30.3 Å². The minimum Gasteiger partial charge on any atom is -0.347 e. The largest absolute Gasteiger partial charge is 0.347 e. The second-order valence-electron chi connectivity index (χ2n) is 5.54. The zero-order chi connectivity index (χ0) is 18.7. The maximum absolute atomic E-state index is 12.3. The smallest absolute Gasteiger partial charge is 0.243 e. The van der Waals surface area contributed by atoms with Gasteiger partial charge in [0, 0.05) is 6.42 Å². The average Bonchev–Trinajstić information content (AvgIpc) is 2.58. The minimum atomic E-state index is -0.838. The Labute approximate surface area is 146 Å². The van der Waals surface area contributed by atoms with E-state index in [9.17, 15) is 19.2 Å². The van der Waals surface area contributed by atoms with Gasteiger partial charge < -0.3 is 21.3 Å². The quantitative estimate of drug-likeness (QED) is 0.422. The molecule has 0 radical (unpaired) electrons. The molecule has 0 aliphatic heterocycles. The number of hydrogen-bond acceptors (Lipinski definition) is 5. The SMILES string of the molecule is CNCC(=O)NCC(=O)N[C@@H](Cc1ccccc1)C(=O)NCC(C)=O. The monoisotopic (exact) mass is 348 g/mol. The fourth-order valence-electron chi connectivity index (χ4n) is 2.04. The molecule has 0 aliphatic rings. The summed E-state index contributed by atoms with van der Waals surface area (Å²) < 4.78 is 0. The fourth-order valence-corrected chi connectivity index (χ4v) is 2.04. The van der Waals surface area contributed by atoms with Gasteiger partial charge in [-0.15, -0.1) is 0 Å². The van der Waals surface area contributed by atoms with Crippen molar-refractivity contribution in [3.05, 3.63) is 35.9 Å². The molecule has 1 aromatic carbocycles. The van der Waals surface area contributed by atoms with Crippen molar-refractivity contribution in [3.63, 3.8) is 0 Å². The molecule has 0 heterocycles. The Hall–Kier alpha value is -2.74. The van der Waals surface area contributed by atoms with Gasteiger partial charge in [-0.3, -0.25) is 19.2 Å². The van der Waals surface area contributed by atoms with Crippen LogP contribution >= 0.6 is 0 Å². The van der Waals surface area contributed by atoms with Crippen LogP contribution in [-0.4, -0.2) is 56.2 Å². The van der Waals surface area contributed by atoms with Crippen LogP contribution in [-0.2, 0) is 25.6 Å². The van der Waals surface area contributed by atoms with E-state index in [0.717, 1.165) is 5.56 Å². The summed E-state index contributed by atoms with van der Waals surface area (Å²) in [4.78, 5) is 46.7. The Kier molecular flexibility index (Phi) is 8.87. The molecule has 3 amide bonds. The first kappa shape index (κ1) is 20.3. The Morgan fingerprint density at radius 2 is 1.60 bits per heavy atom. The number of carbonyl (C=O) groups is 4. The molecule has 8 heteroatoms. The van der Waals surface area contributed by atoms with Crippen LogP contribution in [0.25, 0.3) is 0 Å². The molecule has 1 rings (SSSR count). The van der Waals surface area contributed by atoms with Gasteiger partial charge in [0.05, 0.1) is 19.6 Å². The molecule has 1 atom stereocenters. The normalized spacial score (nSPS) is 11.3. The maximum Gasteiger partial charge on any atom is 0.243 e. The Balaban J connectivity index is 2.66. The van der Waals surface area contributed by atoms with Crippen LogP contribution in [0.5, 0.6) is 0 Å². The van der Waals surface area contributed by atoms with E-state index in [1.54, 1.807) is 7.05 Å². The van der Waals surface area contributed by atoms with E-state index >= 15 is 0 Å². The van der Waals surface area contributed by atoms with Crippen LogP contribution in [0, 0.1) is 0 Å². The number of nitrogens with one attached hydrogen (secondary N) is 4. The zero-order valence-electron chi connectivity index (χ0n) is 14.4. The number of amides is 3. The molecular formula is C17H24N4O4. The van der Waals surface area contributed by atoms with Crippen LogP contribution in [0.15, 0.2) is 30.3 Å². The third kappa shape index (κ3) is 8.61. The van der Waals surface area contributed by atoms with Crippen LogP contribution in [0.3, 0.4) is 0 Å². The van der Waals surface area contributed by atoms with Crippen LogP contribution in [0.1, 0.15) is 12.5 Å². The van der Waals surface area contributed by atoms with E-state index in [1.165, 1.54) is 6.92 Å². The van der Waals surface area contributed by atoms with Crippen LogP contribution in [0.2, 0.25) is 0 Å². The third-order valence-corrected chi connectivity index (χ3v) is 3.23. The molecule has 0 spiro atoms. The number of benzene rings is 1. The van der Waals surface area contributed by atoms with E-state index in [2.05, 4.69) is 21.3 Å². The molecule has 0 saturated heterocycles. The van der Waals surface area contributed by atoms with Crippen LogP contribution < -0.4 is 21.3 Å². The van der Waals surface area contributed by atoms with Gasteiger partial charge in [0.15, 0.2) is 0 Å². The zero-order valence-corrected chi connectivity index (χ0v) is 14.4. The highest BCUT2D eigenvalue weighted by atomic mass is 16.2. The summed E-state index contributed by atoms with van der Waals surface area (Å²) >= 11 is 0. The lowest BCUT2D eigenvalue weighted by Gasteiger charge is -2.18. The lowest BCUT2D eigenvalue weighted by atomic mass is 10.1. The molecule has 4 N–H and O–H groups in total. The predicted octanol–water partition coefficient (Wildman–Crippen LogP) is -1.25. The minimum absolute atomic E-state index is 0.0970. The van der Waals surface area contributed by atoms with Gasteiger partial charge in [-0.05, 0) is 19.5 Å². The molecule has 0 aromatic heterocycles. The number of hydrogen-bond donors (Lipinski definition) is 4. The van der Waals surface area contributed by atoms with E-state index in [4.69, 9.17) is 0 Å². The molecule has 0 unspecified atom stereocenters. The number of likely N-dealkylation sites (N-methyl/N-ethyl adjacent to an activating group) is 1. The summed E-state index contributed by atoms with van der Waals surface area (Å²) in [5, 5.41) is 10.2.